The molecule has 0 saturated heterocycles. The van der Waals surface area contributed by atoms with Gasteiger partial charge in [0, 0.05) is 29.1 Å². The lowest BCUT2D eigenvalue weighted by Crippen LogP contribution is -2.29. The van der Waals surface area contributed by atoms with E-state index in [1.54, 1.807) is 18.3 Å². The van der Waals surface area contributed by atoms with Gasteiger partial charge >= 0.3 is 0 Å². The molecule has 0 bridgehead atoms. The number of rotatable bonds is 7. The van der Waals surface area contributed by atoms with Crippen LogP contribution in [0.4, 0.5) is 5.69 Å². The molecule has 178 valence electrons. The van der Waals surface area contributed by atoms with Crippen molar-refractivity contribution in [3.05, 3.63) is 52.7 Å². The summed E-state index contributed by atoms with van der Waals surface area (Å²) in [6.45, 7) is 0.414. The summed E-state index contributed by atoms with van der Waals surface area (Å²) < 4.78 is 0. The molecule has 5 N–H and O–H groups in total. The first-order chi connectivity index (χ1) is 16.5. The monoisotopic (exact) mass is 479 g/mol. The van der Waals surface area contributed by atoms with Crippen molar-refractivity contribution in [2.24, 2.45) is 17.6 Å². The molecule has 0 unspecified atom stereocenters. The van der Waals surface area contributed by atoms with Crippen molar-refractivity contribution in [1.29, 1.82) is 0 Å². The highest BCUT2D eigenvalue weighted by Crippen LogP contribution is 2.40. The summed E-state index contributed by atoms with van der Waals surface area (Å²) >= 11 is 6.22. The molecular weight excluding hydrogens is 450 g/mol. The quantitative estimate of drug-likeness (QED) is 0.343. The third kappa shape index (κ3) is 4.50. The zero-order valence-electron chi connectivity index (χ0n) is 19.1. The molecule has 2 fully saturated rings. The summed E-state index contributed by atoms with van der Waals surface area (Å²) in [7, 11) is 0. The zero-order chi connectivity index (χ0) is 23.8. The lowest BCUT2D eigenvalue weighted by atomic mass is 9.85. The molecule has 2 aromatic carbocycles. The standard InChI is InChI=1S/C27H30ClN3O3/c28-23-11-18(9-19(14-32)27(23)34)17-5-8-24-21(10-17)25(22(13-30-24)26(33)16-3-4-16)31-20-6-1-15(12-29)2-7-20/h5,8-11,13,15-16,20,32,34H,1-4,6-7,12,14,29H2,(H,30,31)/t15-,20-. The average molecular weight is 480 g/mol. The van der Waals surface area contributed by atoms with Gasteiger partial charge in [-0.15, -0.1) is 0 Å². The number of hydrogen-bond donors (Lipinski definition) is 4. The average Bonchev–Trinajstić information content (AvgIpc) is 3.71. The minimum Gasteiger partial charge on any atom is -0.506 e. The Balaban J connectivity index is 1.59. The number of nitrogens with one attached hydrogen (secondary N) is 1. The highest BCUT2D eigenvalue weighted by Gasteiger charge is 2.33. The summed E-state index contributed by atoms with van der Waals surface area (Å²) in [5, 5.41) is 24.5. The van der Waals surface area contributed by atoms with Gasteiger partial charge in [0.05, 0.1) is 28.4 Å². The molecule has 2 aliphatic rings. The number of ketones is 1. The highest BCUT2D eigenvalue weighted by atomic mass is 35.5. The Morgan fingerprint density at radius 1 is 1.09 bits per heavy atom. The molecule has 6 nitrogen and oxygen atoms in total. The molecule has 0 amide bonds. The van der Waals surface area contributed by atoms with Crippen LogP contribution in [0.15, 0.2) is 36.5 Å². The lowest BCUT2D eigenvalue weighted by molar-refractivity contribution is 0.0968. The normalized spacial score (nSPS) is 20.4. The maximum atomic E-state index is 13.2. The number of benzene rings is 2. The largest absolute Gasteiger partial charge is 0.506 e. The number of pyridine rings is 1. The number of aromatic hydroxyl groups is 1. The van der Waals surface area contributed by atoms with E-state index in [9.17, 15) is 15.0 Å². The number of anilines is 1. The number of nitrogens with zero attached hydrogens (tertiary/aromatic N) is 1. The lowest BCUT2D eigenvalue weighted by Gasteiger charge is -2.30. The summed E-state index contributed by atoms with van der Waals surface area (Å²) in [5.74, 6) is 0.724. The van der Waals surface area contributed by atoms with E-state index >= 15 is 0 Å². The molecule has 0 spiro atoms. The first kappa shape index (κ1) is 23.1. The van der Waals surface area contributed by atoms with E-state index in [2.05, 4.69) is 10.3 Å². The molecule has 0 atom stereocenters. The number of aliphatic hydroxyl groups is 1. The van der Waals surface area contributed by atoms with Crippen LogP contribution in [0.5, 0.6) is 5.75 Å². The molecule has 0 aliphatic heterocycles. The molecule has 1 heterocycles. The van der Waals surface area contributed by atoms with Gasteiger partial charge in [-0.1, -0.05) is 17.7 Å². The molecule has 5 rings (SSSR count). The molecule has 2 aliphatic carbocycles. The van der Waals surface area contributed by atoms with Gasteiger partial charge in [0.1, 0.15) is 5.75 Å². The van der Waals surface area contributed by atoms with Crippen LogP contribution in [0.3, 0.4) is 0 Å². The van der Waals surface area contributed by atoms with Crippen molar-refractivity contribution in [2.45, 2.75) is 51.2 Å². The Kier molecular flexibility index (Phi) is 6.47. The molecule has 0 radical (unpaired) electrons. The van der Waals surface area contributed by atoms with E-state index in [0.29, 0.717) is 17.0 Å². The predicted molar refractivity (Wildman–Crippen MR) is 135 cm³/mol. The topological polar surface area (TPSA) is 108 Å². The third-order valence-corrected chi connectivity index (χ3v) is 7.54. The number of Topliss-reactive ketones (excluding diaryl/α,β-unsaturated/α-hetero) is 1. The summed E-state index contributed by atoms with van der Waals surface area (Å²) in [5.41, 5.74) is 10.2. The van der Waals surface area contributed by atoms with Crippen LogP contribution in [0.2, 0.25) is 5.02 Å². The summed E-state index contributed by atoms with van der Waals surface area (Å²) in [6.07, 6.45) is 7.82. The van der Waals surface area contributed by atoms with Crippen LogP contribution in [-0.4, -0.2) is 33.6 Å². The molecule has 2 saturated carbocycles. The first-order valence-corrected chi connectivity index (χ1v) is 12.4. The van der Waals surface area contributed by atoms with E-state index in [1.165, 1.54) is 0 Å². The second-order valence-corrected chi connectivity index (χ2v) is 10.0. The van der Waals surface area contributed by atoms with Gasteiger partial charge in [-0.2, -0.15) is 0 Å². The Morgan fingerprint density at radius 2 is 1.85 bits per heavy atom. The van der Waals surface area contributed by atoms with Crippen molar-refractivity contribution in [2.75, 3.05) is 11.9 Å². The second kappa shape index (κ2) is 9.53. The van der Waals surface area contributed by atoms with Crippen LogP contribution in [0, 0.1) is 11.8 Å². The third-order valence-electron chi connectivity index (χ3n) is 7.26. The van der Waals surface area contributed by atoms with Gasteiger partial charge < -0.3 is 21.3 Å². The number of nitrogens with two attached hydrogens (primary N) is 1. The number of phenols is 1. The van der Waals surface area contributed by atoms with Crippen LogP contribution in [0.25, 0.3) is 22.0 Å². The maximum absolute atomic E-state index is 13.2. The Bertz CT molecular complexity index is 1230. The Morgan fingerprint density at radius 3 is 2.53 bits per heavy atom. The second-order valence-electron chi connectivity index (χ2n) is 9.64. The van der Waals surface area contributed by atoms with E-state index in [4.69, 9.17) is 17.3 Å². The molecule has 3 aromatic rings. The highest BCUT2D eigenvalue weighted by molar-refractivity contribution is 6.32. The Labute approximate surface area is 204 Å². The molecule has 34 heavy (non-hydrogen) atoms. The number of halogens is 1. The molecule has 1 aromatic heterocycles. The van der Waals surface area contributed by atoms with Gasteiger partial charge in [-0.3, -0.25) is 9.78 Å². The predicted octanol–water partition coefficient (Wildman–Crippen LogP) is 5.28. The molecule has 7 heteroatoms. The fourth-order valence-electron chi connectivity index (χ4n) is 4.97. The zero-order valence-corrected chi connectivity index (χ0v) is 19.8. The van der Waals surface area contributed by atoms with E-state index in [-0.39, 0.29) is 35.1 Å². The number of fused-ring (bicyclic) bond motifs is 1. The van der Waals surface area contributed by atoms with Gasteiger partial charge in [-0.25, -0.2) is 0 Å². The van der Waals surface area contributed by atoms with E-state index in [1.807, 2.05) is 18.2 Å². The summed E-state index contributed by atoms with van der Waals surface area (Å²) in [4.78, 5) is 17.8. The van der Waals surface area contributed by atoms with Crippen molar-refractivity contribution in [3.8, 4) is 16.9 Å². The minimum atomic E-state index is -0.313. The van der Waals surface area contributed by atoms with Crippen molar-refractivity contribution in [1.82, 2.24) is 4.98 Å². The summed E-state index contributed by atoms with van der Waals surface area (Å²) in [6, 6.07) is 9.60. The van der Waals surface area contributed by atoms with E-state index in [0.717, 1.165) is 72.8 Å². The van der Waals surface area contributed by atoms with Crippen LogP contribution in [0.1, 0.15) is 54.4 Å². The SMILES string of the molecule is NC[C@H]1CC[C@H](Nc2c(C(=O)C3CC3)cnc3ccc(-c4cc(Cl)c(O)c(CO)c4)cc23)CC1. The van der Waals surface area contributed by atoms with Crippen LogP contribution >= 0.6 is 11.6 Å². The van der Waals surface area contributed by atoms with Crippen molar-refractivity contribution >= 4 is 34.0 Å². The van der Waals surface area contributed by atoms with Gasteiger partial charge in [0.2, 0.25) is 0 Å². The van der Waals surface area contributed by atoms with E-state index < -0.39 is 0 Å². The Hall–Kier alpha value is -2.67. The number of aromatic nitrogens is 1. The van der Waals surface area contributed by atoms with Crippen LogP contribution < -0.4 is 11.1 Å². The fourth-order valence-corrected chi connectivity index (χ4v) is 5.21. The van der Waals surface area contributed by atoms with Crippen LogP contribution in [-0.2, 0) is 6.61 Å². The maximum Gasteiger partial charge on any atom is 0.169 e. The number of aliphatic hydroxyl groups excluding tert-OH is 1. The van der Waals surface area contributed by atoms with Gasteiger partial charge in [0.15, 0.2) is 5.78 Å². The number of hydrogen-bond acceptors (Lipinski definition) is 6. The van der Waals surface area contributed by atoms with Crippen molar-refractivity contribution < 1.29 is 15.0 Å². The first-order valence-electron chi connectivity index (χ1n) is 12.0. The van der Waals surface area contributed by atoms with Crippen molar-refractivity contribution in [3.63, 3.8) is 0 Å². The van der Waals surface area contributed by atoms with Gasteiger partial charge in [0.25, 0.3) is 0 Å². The fraction of sp³-hybridized carbons (Fsp3) is 0.407. The smallest absolute Gasteiger partial charge is 0.169 e. The number of carbonyl (C=O) groups excluding carboxylic acids is 1. The molecular formula is C27H30ClN3O3. The number of carbonyl (C=O) groups is 1. The minimum absolute atomic E-state index is 0.0963. The van der Waals surface area contributed by atoms with Gasteiger partial charge in [-0.05, 0) is 86.4 Å².